The molecule has 0 amide bonds. The maximum Gasteiger partial charge on any atom is 0.414 e. The minimum Gasteiger partial charge on any atom is -0.491 e. The summed E-state index contributed by atoms with van der Waals surface area (Å²) in [5.41, 5.74) is 3.26. The van der Waals surface area contributed by atoms with Gasteiger partial charge < -0.3 is 20.1 Å². The first-order valence-corrected chi connectivity index (χ1v) is 9.75. The van der Waals surface area contributed by atoms with Crippen LogP contribution in [0.3, 0.4) is 0 Å². The van der Waals surface area contributed by atoms with Crippen molar-refractivity contribution in [2.75, 3.05) is 6.61 Å². The van der Waals surface area contributed by atoms with Crippen LogP contribution in [0.4, 0.5) is 0 Å². The van der Waals surface area contributed by atoms with Crippen LogP contribution in [0.1, 0.15) is 12.0 Å². The molecule has 31 heavy (non-hydrogen) atoms. The summed E-state index contributed by atoms with van der Waals surface area (Å²) in [6.45, 7) is 0.275. The zero-order valence-corrected chi connectivity index (χ0v) is 17.3. The number of ether oxygens (including phenoxy) is 1. The first-order chi connectivity index (χ1) is 14.8. The summed E-state index contributed by atoms with van der Waals surface area (Å²) in [6, 6.07) is 19.4. The Morgan fingerprint density at radius 2 is 1.68 bits per heavy atom. The fraction of sp³-hybridized carbons (Fsp3) is 0.174. The number of benzene rings is 2. The van der Waals surface area contributed by atoms with Crippen LogP contribution < -0.4 is 4.74 Å². The van der Waals surface area contributed by atoms with Crippen LogP contribution in [-0.2, 0) is 16.0 Å². The van der Waals surface area contributed by atoms with Crippen LogP contribution in [0.15, 0.2) is 73.1 Å². The van der Waals surface area contributed by atoms with Gasteiger partial charge in [-0.25, -0.2) is 9.59 Å². The zero-order chi connectivity index (χ0) is 22.6. The third-order valence-corrected chi connectivity index (χ3v) is 4.36. The van der Waals surface area contributed by atoms with Crippen molar-refractivity contribution in [3.8, 4) is 16.9 Å². The van der Waals surface area contributed by atoms with Crippen LogP contribution in [0.2, 0.25) is 5.02 Å². The Bertz CT molecular complexity index is 967. The van der Waals surface area contributed by atoms with E-state index in [1.54, 1.807) is 6.20 Å². The molecule has 0 fully saturated rings. The van der Waals surface area contributed by atoms with Crippen molar-refractivity contribution in [1.82, 2.24) is 4.98 Å². The van der Waals surface area contributed by atoms with Crippen molar-refractivity contribution >= 4 is 23.5 Å². The van der Waals surface area contributed by atoms with Crippen molar-refractivity contribution in [2.24, 2.45) is 0 Å². The van der Waals surface area contributed by atoms with Gasteiger partial charge in [-0.1, -0.05) is 41.9 Å². The number of carboxylic acid groups (broad SMARTS) is 2. The second-order valence-corrected chi connectivity index (χ2v) is 6.95. The first kappa shape index (κ1) is 23.9. The highest BCUT2D eigenvalue weighted by Gasteiger charge is 2.07. The zero-order valence-electron chi connectivity index (χ0n) is 16.5. The van der Waals surface area contributed by atoms with E-state index in [2.05, 4.69) is 4.98 Å². The van der Waals surface area contributed by atoms with E-state index in [1.165, 1.54) is 0 Å². The molecule has 162 valence electrons. The maximum absolute atomic E-state index is 10.1. The molecule has 1 aromatic heterocycles. The lowest BCUT2D eigenvalue weighted by Crippen LogP contribution is -2.18. The fourth-order valence-electron chi connectivity index (χ4n) is 2.57. The van der Waals surface area contributed by atoms with Crippen LogP contribution >= 0.6 is 11.6 Å². The van der Waals surface area contributed by atoms with E-state index in [0.29, 0.717) is 6.42 Å². The average Bonchev–Trinajstić information content (AvgIpc) is 2.77. The Labute approximate surface area is 184 Å². The number of aliphatic carboxylic acids is 2. The van der Waals surface area contributed by atoms with Crippen LogP contribution in [0, 0.1) is 0 Å². The molecule has 0 aliphatic rings. The van der Waals surface area contributed by atoms with E-state index in [0.717, 1.165) is 33.9 Å². The van der Waals surface area contributed by atoms with Gasteiger partial charge in [0.25, 0.3) is 0 Å². The Balaban J connectivity index is 0.000000501. The molecular formula is C23H22ClNO6. The number of aliphatic hydroxyl groups is 1. The lowest BCUT2D eigenvalue weighted by atomic mass is 10.1. The summed E-state index contributed by atoms with van der Waals surface area (Å²) >= 11 is 6.03. The molecule has 1 atom stereocenters. The SMILES string of the molecule is O=C(O)C(=O)O.O[C@H](CCc1cccnc1)COc1ccc(-c2cccc(Cl)c2)cc1. The Hall–Kier alpha value is -3.42. The van der Waals surface area contributed by atoms with Crippen molar-refractivity contribution in [3.63, 3.8) is 0 Å². The topological polar surface area (TPSA) is 117 Å². The van der Waals surface area contributed by atoms with E-state index in [9.17, 15) is 5.11 Å². The molecular weight excluding hydrogens is 422 g/mol. The van der Waals surface area contributed by atoms with Crippen molar-refractivity contribution in [2.45, 2.75) is 18.9 Å². The van der Waals surface area contributed by atoms with Gasteiger partial charge in [0, 0.05) is 17.4 Å². The van der Waals surface area contributed by atoms with Gasteiger partial charge in [-0.2, -0.15) is 0 Å². The van der Waals surface area contributed by atoms with E-state index < -0.39 is 18.0 Å². The number of carboxylic acids is 2. The van der Waals surface area contributed by atoms with Gasteiger partial charge >= 0.3 is 11.9 Å². The molecule has 3 rings (SSSR count). The van der Waals surface area contributed by atoms with Crippen molar-refractivity contribution < 1.29 is 29.6 Å². The van der Waals surface area contributed by atoms with E-state index >= 15 is 0 Å². The number of hydrogen-bond acceptors (Lipinski definition) is 5. The van der Waals surface area contributed by atoms with Gasteiger partial charge in [0.05, 0.1) is 6.10 Å². The second kappa shape index (κ2) is 12.3. The Kier molecular flexibility index (Phi) is 9.48. The number of pyridine rings is 1. The number of carbonyl (C=O) groups is 2. The highest BCUT2D eigenvalue weighted by molar-refractivity contribution is 6.30. The fourth-order valence-corrected chi connectivity index (χ4v) is 2.76. The van der Waals surface area contributed by atoms with Gasteiger partial charge in [0.2, 0.25) is 0 Å². The summed E-state index contributed by atoms with van der Waals surface area (Å²) in [7, 11) is 0. The Morgan fingerprint density at radius 1 is 0.968 bits per heavy atom. The largest absolute Gasteiger partial charge is 0.491 e. The van der Waals surface area contributed by atoms with Gasteiger partial charge in [0.1, 0.15) is 12.4 Å². The minimum atomic E-state index is -1.82. The number of nitrogens with zero attached hydrogens (tertiary/aromatic N) is 1. The molecule has 0 saturated heterocycles. The maximum atomic E-state index is 10.1. The smallest absolute Gasteiger partial charge is 0.414 e. The minimum absolute atomic E-state index is 0.275. The summed E-state index contributed by atoms with van der Waals surface area (Å²) in [5.74, 6) is -2.91. The van der Waals surface area contributed by atoms with Crippen LogP contribution in [0.25, 0.3) is 11.1 Å². The molecule has 1 heterocycles. The normalized spacial score (nSPS) is 11.0. The summed E-state index contributed by atoms with van der Waals surface area (Å²) < 4.78 is 5.68. The summed E-state index contributed by atoms with van der Waals surface area (Å²) in [5, 5.41) is 25.6. The quantitative estimate of drug-likeness (QED) is 0.473. The number of aromatic nitrogens is 1. The number of halogens is 1. The summed E-state index contributed by atoms with van der Waals surface area (Å²) in [4.78, 5) is 22.3. The highest BCUT2D eigenvalue weighted by atomic mass is 35.5. The molecule has 3 aromatic rings. The molecule has 0 aliphatic carbocycles. The lowest BCUT2D eigenvalue weighted by Gasteiger charge is -2.13. The lowest BCUT2D eigenvalue weighted by molar-refractivity contribution is -0.159. The monoisotopic (exact) mass is 443 g/mol. The van der Waals surface area contributed by atoms with E-state index in [1.807, 2.05) is 66.9 Å². The molecule has 0 aliphatic heterocycles. The highest BCUT2D eigenvalue weighted by Crippen LogP contribution is 2.25. The standard InChI is InChI=1S/C21H20ClNO2.C2H2O4/c22-19-5-1-4-18(13-19)17-7-10-21(11-8-17)25-15-20(24)9-6-16-3-2-12-23-14-16;3-1(4)2(5)6/h1-5,7-8,10-14,20,24H,6,9,15H2;(H,3,4)(H,5,6)/t20-;/m1./s1. The summed E-state index contributed by atoms with van der Waals surface area (Å²) in [6.07, 6.45) is 4.49. The third kappa shape index (κ3) is 8.86. The second-order valence-electron chi connectivity index (χ2n) is 6.51. The predicted octanol–water partition coefficient (Wildman–Crippen LogP) is 3.93. The van der Waals surface area contributed by atoms with Gasteiger partial charge in [0.15, 0.2) is 0 Å². The molecule has 2 aromatic carbocycles. The van der Waals surface area contributed by atoms with Crippen LogP contribution in [-0.4, -0.2) is 45.0 Å². The molecule has 0 unspecified atom stereocenters. The number of aryl methyl sites for hydroxylation is 1. The van der Waals surface area contributed by atoms with Crippen molar-refractivity contribution in [1.29, 1.82) is 0 Å². The molecule has 0 radical (unpaired) electrons. The molecule has 0 saturated carbocycles. The van der Waals surface area contributed by atoms with Crippen molar-refractivity contribution in [3.05, 3.63) is 83.6 Å². The molecule has 7 nitrogen and oxygen atoms in total. The van der Waals surface area contributed by atoms with E-state index in [-0.39, 0.29) is 6.61 Å². The Morgan fingerprint density at radius 3 is 2.26 bits per heavy atom. The van der Waals surface area contributed by atoms with Gasteiger partial charge in [-0.3, -0.25) is 4.98 Å². The average molecular weight is 444 g/mol. The first-order valence-electron chi connectivity index (χ1n) is 9.37. The molecule has 3 N–H and O–H groups in total. The predicted molar refractivity (Wildman–Crippen MR) is 116 cm³/mol. The molecule has 0 spiro atoms. The number of hydrogen-bond donors (Lipinski definition) is 3. The van der Waals surface area contributed by atoms with Gasteiger partial charge in [-0.05, 0) is 59.9 Å². The van der Waals surface area contributed by atoms with Crippen LogP contribution in [0.5, 0.6) is 5.75 Å². The third-order valence-electron chi connectivity index (χ3n) is 4.13. The number of aliphatic hydroxyl groups excluding tert-OH is 1. The molecule has 0 bridgehead atoms. The van der Waals surface area contributed by atoms with Gasteiger partial charge in [-0.15, -0.1) is 0 Å². The van der Waals surface area contributed by atoms with E-state index in [4.69, 9.17) is 36.1 Å². The molecule has 8 heteroatoms. The number of rotatable bonds is 7.